The van der Waals surface area contributed by atoms with Crippen molar-refractivity contribution in [1.29, 1.82) is 0 Å². The third kappa shape index (κ3) is 4.49. The highest BCUT2D eigenvalue weighted by molar-refractivity contribution is 6.30. The number of ether oxygens (including phenoxy) is 1. The van der Waals surface area contributed by atoms with Crippen LogP contribution in [0.1, 0.15) is 29.3 Å². The predicted octanol–water partition coefficient (Wildman–Crippen LogP) is 3.79. The van der Waals surface area contributed by atoms with E-state index in [-0.39, 0.29) is 18.6 Å². The lowest BCUT2D eigenvalue weighted by molar-refractivity contribution is -0.168. The van der Waals surface area contributed by atoms with E-state index in [1.807, 2.05) is 0 Å². The fourth-order valence-corrected chi connectivity index (χ4v) is 2.80. The Morgan fingerprint density at radius 3 is 2.19 bits per heavy atom. The molecule has 2 aromatic rings. The molecule has 1 atom stereocenters. The van der Waals surface area contributed by atoms with Gasteiger partial charge >= 0.3 is 11.9 Å². The number of Topliss-reactive ketones (excluding diaryl/α,β-unsaturated/α-hetero) is 1. The fourth-order valence-electron chi connectivity index (χ4n) is 2.67. The molecule has 0 aliphatic carbocycles. The van der Waals surface area contributed by atoms with Gasteiger partial charge in [0.2, 0.25) is 0 Å². The average Bonchev–Trinajstić information content (AvgIpc) is 2.62. The molecule has 6 heteroatoms. The summed E-state index contributed by atoms with van der Waals surface area (Å²) in [4.78, 5) is 37.3. The van der Waals surface area contributed by atoms with E-state index in [0.29, 0.717) is 10.6 Å². The van der Waals surface area contributed by atoms with Gasteiger partial charge in [-0.1, -0.05) is 41.9 Å². The third-order valence-corrected chi connectivity index (χ3v) is 4.30. The quantitative estimate of drug-likeness (QED) is 0.432. The molecule has 0 aliphatic rings. The number of carboxylic acids is 1. The van der Waals surface area contributed by atoms with E-state index in [1.54, 1.807) is 49.4 Å². The first-order chi connectivity index (χ1) is 12.4. The number of aliphatic carboxylic acids is 1. The van der Waals surface area contributed by atoms with Crippen LogP contribution in [-0.2, 0) is 20.7 Å². The zero-order chi connectivity index (χ0) is 19.2. The second kappa shape index (κ2) is 8.63. The standard InChI is InChI=1S/C20H19ClO5/c1-2-26-19(25)20(18(23)24,12-14-6-4-3-5-7-14)13-17(22)15-8-10-16(21)11-9-15/h3-11H,2,12-13H2,1H3,(H,23,24). The number of benzene rings is 2. The maximum atomic E-state index is 12.7. The lowest BCUT2D eigenvalue weighted by Crippen LogP contribution is -2.44. The van der Waals surface area contributed by atoms with Gasteiger partial charge < -0.3 is 9.84 Å². The van der Waals surface area contributed by atoms with Gasteiger partial charge in [0.25, 0.3) is 0 Å². The summed E-state index contributed by atoms with van der Waals surface area (Å²) in [7, 11) is 0. The molecule has 0 amide bonds. The van der Waals surface area contributed by atoms with Crippen molar-refractivity contribution in [2.75, 3.05) is 6.61 Å². The number of carboxylic acid groups (broad SMARTS) is 1. The molecule has 26 heavy (non-hydrogen) atoms. The van der Waals surface area contributed by atoms with Crippen LogP contribution in [0.3, 0.4) is 0 Å². The number of esters is 1. The lowest BCUT2D eigenvalue weighted by atomic mass is 9.76. The molecule has 2 rings (SSSR count). The summed E-state index contributed by atoms with van der Waals surface area (Å²) in [6.45, 7) is 1.62. The predicted molar refractivity (Wildman–Crippen MR) is 97.2 cm³/mol. The van der Waals surface area contributed by atoms with Crippen molar-refractivity contribution in [1.82, 2.24) is 0 Å². The Labute approximate surface area is 156 Å². The second-order valence-corrected chi connectivity index (χ2v) is 6.31. The first kappa shape index (κ1) is 19.7. The first-order valence-corrected chi connectivity index (χ1v) is 8.50. The summed E-state index contributed by atoms with van der Waals surface area (Å²) in [5.74, 6) is -2.77. The molecule has 136 valence electrons. The summed E-state index contributed by atoms with van der Waals surface area (Å²) >= 11 is 5.82. The number of halogens is 1. The van der Waals surface area contributed by atoms with Crippen LogP contribution in [0.15, 0.2) is 54.6 Å². The summed E-state index contributed by atoms with van der Waals surface area (Å²) < 4.78 is 5.00. The van der Waals surface area contributed by atoms with Crippen LogP contribution in [0, 0.1) is 5.41 Å². The summed E-state index contributed by atoms with van der Waals surface area (Å²) in [5, 5.41) is 10.3. The number of carbonyl (C=O) groups is 3. The van der Waals surface area contributed by atoms with E-state index < -0.39 is 29.6 Å². The second-order valence-electron chi connectivity index (χ2n) is 5.88. The van der Waals surface area contributed by atoms with Crippen LogP contribution in [0.4, 0.5) is 0 Å². The molecular formula is C20H19ClO5. The van der Waals surface area contributed by atoms with Crippen molar-refractivity contribution < 1.29 is 24.2 Å². The minimum absolute atomic E-state index is 0.0256. The molecular weight excluding hydrogens is 356 g/mol. The topological polar surface area (TPSA) is 80.7 Å². The molecule has 1 N–H and O–H groups in total. The Morgan fingerprint density at radius 2 is 1.65 bits per heavy atom. The molecule has 0 spiro atoms. The van der Waals surface area contributed by atoms with Crippen molar-refractivity contribution in [3.63, 3.8) is 0 Å². The van der Waals surface area contributed by atoms with Crippen molar-refractivity contribution in [2.24, 2.45) is 5.41 Å². The van der Waals surface area contributed by atoms with Crippen molar-refractivity contribution in [3.05, 3.63) is 70.7 Å². The Balaban J connectivity index is 2.40. The smallest absolute Gasteiger partial charge is 0.324 e. The molecule has 0 saturated carbocycles. The van der Waals surface area contributed by atoms with Gasteiger partial charge in [0.15, 0.2) is 11.2 Å². The molecule has 0 heterocycles. The van der Waals surface area contributed by atoms with Gasteiger partial charge in [-0.3, -0.25) is 14.4 Å². The van der Waals surface area contributed by atoms with E-state index in [4.69, 9.17) is 16.3 Å². The maximum Gasteiger partial charge on any atom is 0.324 e. The molecule has 5 nitrogen and oxygen atoms in total. The largest absolute Gasteiger partial charge is 0.480 e. The number of rotatable bonds is 8. The Hall–Kier alpha value is -2.66. The molecule has 0 fully saturated rings. The van der Waals surface area contributed by atoms with Gasteiger partial charge in [-0.25, -0.2) is 0 Å². The van der Waals surface area contributed by atoms with Gasteiger partial charge in [-0.15, -0.1) is 0 Å². The minimum atomic E-state index is -1.99. The molecule has 0 saturated heterocycles. The Kier molecular flexibility index (Phi) is 6.52. The molecule has 0 aliphatic heterocycles. The highest BCUT2D eigenvalue weighted by atomic mass is 35.5. The fraction of sp³-hybridized carbons (Fsp3) is 0.250. The molecule has 0 bridgehead atoms. The van der Waals surface area contributed by atoms with Gasteiger partial charge in [0.1, 0.15) is 0 Å². The number of hydrogen-bond acceptors (Lipinski definition) is 4. The number of ketones is 1. The normalized spacial score (nSPS) is 12.8. The van der Waals surface area contributed by atoms with Crippen LogP contribution in [0.25, 0.3) is 0 Å². The monoisotopic (exact) mass is 374 g/mol. The van der Waals surface area contributed by atoms with E-state index in [1.165, 1.54) is 12.1 Å². The highest BCUT2D eigenvalue weighted by Gasteiger charge is 2.49. The Morgan fingerprint density at radius 1 is 1.04 bits per heavy atom. The Bertz CT molecular complexity index is 786. The average molecular weight is 375 g/mol. The highest BCUT2D eigenvalue weighted by Crippen LogP contribution is 2.32. The molecule has 0 aromatic heterocycles. The SMILES string of the molecule is CCOC(=O)C(CC(=O)c1ccc(Cl)cc1)(Cc1ccccc1)C(=O)O. The summed E-state index contributed by atoms with van der Waals surface area (Å²) in [6, 6.07) is 14.8. The zero-order valence-electron chi connectivity index (χ0n) is 14.3. The maximum absolute atomic E-state index is 12.7. The minimum Gasteiger partial charge on any atom is -0.480 e. The summed E-state index contributed by atoms with van der Waals surface area (Å²) in [5.41, 5.74) is -1.07. The van der Waals surface area contributed by atoms with Crippen LogP contribution in [0.2, 0.25) is 5.02 Å². The zero-order valence-corrected chi connectivity index (χ0v) is 15.0. The van der Waals surface area contributed by atoms with E-state index in [0.717, 1.165) is 0 Å². The van der Waals surface area contributed by atoms with Gasteiger partial charge in [0, 0.05) is 17.0 Å². The van der Waals surface area contributed by atoms with Crippen LogP contribution >= 0.6 is 11.6 Å². The molecule has 1 unspecified atom stereocenters. The third-order valence-electron chi connectivity index (χ3n) is 4.05. The van der Waals surface area contributed by atoms with Crippen molar-refractivity contribution in [2.45, 2.75) is 19.8 Å². The van der Waals surface area contributed by atoms with Crippen LogP contribution < -0.4 is 0 Å². The van der Waals surface area contributed by atoms with Crippen LogP contribution in [-0.4, -0.2) is 29.4 Å². The van der Waals surface area contributed by atoms with Gasteiger partial charge in [-0.2, -0.15) is 0 Å². The van der Waals surface area contributed by atoms with Crippen LogP contribution in [0.5, 0.6) is 0 Å². The van der Waals surface area contributed by atoms with Gasteiger partial charge in [0.05, 0.1) is 6.61 Å². The van der Waals surface area contributed by atoms with Crippen molar-refractivity contribution in [3.8, 4) is 0 Å². The molecule has 0 radical (unpaired) electrons. The first-order valence-electron chi connectivity index (χ1n) is 8.12. The number of hydrogen-bond donors (Lipinski definition) is 1. The number of carbonyl (C=O) groups excluding carboxylic acids is 2. The summed E-state index contributed by atoms with van der Waals surface area (Å²) in [6.07, 6.45) is -0.640. The lowest BCUT2D eigenvalue weighted by Gasteiger charge is -2.26. The molecule has 2 aromatic carbocycles. The van der Waals surface area contributed by atoms with E-state index in [9.17, 15) is 19.5 Å². The van der Waals surface area contributed by atoms with Crippen molar-refractivity contribution >= 4 is 29.3 Å². The van der Waals surface area contributed by atoms with Gasteiger partial charge in [-0.05, 0) is 43.2 Å². The van der Waals surface area contributed by atoms with E-state index >= 15 is 0 Å². The van der Waals surface area contributed by atoms with E-state index in [2.05, 4.69) is 0 Å².